The van der Waals surface area contributed by atoms with Crippen LogP contribution in [0.25, 0.3) is 0 Å². The summed E-state index contributed by atoms with van der Waals surface area (Å²) >= 11 is 0. The van der Waals surface area contributed by atoms with Crippen molar-refractivity contribution in [3.63, 3.8) is 0 Å². The summed E-state index contributed by atoms with van der Waals surface area (Å²) in [6.45, 7) is 5.71. The molecule has 0 aromatic heterocycles. The van der Waals surface area contributed by atoms with Gasteiger partial charge in [-0.2, -0.15) is 0 Å². The predicted octanol–water partition coefficient (Wildman–Crippen LogP) is 4.80. The van der Waals surface area contributed by atoms with Gasteiger partial charge in [0.15, 0.2) is 17.5 Å². The van der Waals surface area contributed by atoms with Gasteiger partial charge in [0.1, 0.15) is 0 Å². The Morgan fingerprint density at radius 1 is 1.21 bits per heavy atom. The SMILES string of the molecule is CCCNC(=O)c1cccc(CNC(=NC)NC(C)c2ccc(OCC3CC3)c(F)c2)c1.I. The number of amides is 1. The highest BCUT2D eigenvalue weighted by atomic mass is 127. The number of hydrogen-bond donors (Lipinski definition) is 3. The van der Waals surface area contributed by atoms with E-state index in [0.29, 0.717) is 42.9 Å². The number of nitrogens with one attached hydrogen (secondary N) is 3. The number of nitrogens with zero attached hydrogens (tertiary/aromatic N) is 1. The highest BCUT2D eigenvalue weighted by Crippen LogP contribution is 2.30. The summed E-state index contributed by atoms with van der Waals surface area (Å²) in [6.07, 6.45) is 3.24. The summed E-state index contributed by atoms with van der Waals surface area (Å²) in [5.41, 5.74) is 2.40. The number of carbonyl (C=O) groups is 1. The molecule has 1 atom stereocenters. The van der Waals surface area contributed by atoms with Crippen LogP contribution in [0.15, 0.2) is 47.5 Å². The minimum Gasteiger partial charge on any atom is -0.490 e. The van der Waals surface area contributed by atoms with Crippen molar-refractivity contribution in [3.8, 4) is 5.75 Å². The Balaban J connectivity index is 0.00000385. The Labute approximate surface area is 212 Å². The molecule has 0 heterocycles. The van der Waals surface area contributed by atoms with Gasteiger partial charge in [0.05, 0.1) is 12.6 Å². The Bertz CT molecular complexity index is 950. The second-order valence-electron chi connectivity index (χ2n) is 8.19. The fourth-order valence-electron chi connectivity index (χ4n) is 3.23. The van der Waals surface area contributed by atoms with Crippen molar-refractivity contribution in [1.29, 1.82) is 0 Å². The van der Waals surface area contributed by atoms with Gasteiger partial charge >= 0.3 is 0 Å². The van der Waals surface area contributed by atoms with E-state index in [-0.39, 0.29) is 41.7 Å². The van der Waals surface area contributed by atoms with Crippen LogP contribution in [0.1, 0.15) is 60.6 Å². The van der Waals surface area contributed by atoms with E-state index in [1.165, 1.54) is 18.9 Å². The van der Waals surface area contributed by atoms with Crippen LogP contribution >= 0.6 is 24.0 Å². The first-order chi connectivity index (χ1) is 15.5. The quantitative estimate of drug-likeness (QED) is 0.219. The van der Waals surface area contributed by atoms with Gasteiger partial charge in [0.25, 0.3) is 5.91 Å². The lowest BCUT2D eigenvalue weighted by Gasteiger charge is -2.19. The highest BCUT2D eigenvalue weighted by molar-refractivity contribution is 14.0. The van der Waals surface area contributed by atoms with Gasteiger partial charge in [-0.25, -0.2) is 4.39 Å². The van der Waals surface area contributed by atoms with Crippen molar-refractivity contribution in [2.24, 2.45) is 10.9 Å². The highest BCUT2D eigenvalue weighted by Gasteiger charge is 2.22. The van der Waals surface area contributed by atoms with Gasteiger partial charge in [0, 0.05) is 25.7 Å². The maximum atomic E-state index is 14.4. The molecule has 2 aromatic carbocycles. The lowest BCUT2D eigenvalue weighted by molar-refractivity contribution is 0.0953. The molecule has 1 aliphatic carbocycles. The number of ether oxygens (including phenoxy) is 1. The lowest BCUT2D eigenvalue weighted by Crippen LogP contribution is -2.38. The summed E-state index contributed by atoms with van der Waals surface area (Å²) in [5, 5.41) is 9.41. The molecule has 0 aliphatic heterocycles. The van der Waals surface area contributed by atoms with Crippen molar-refractivity contribution in [3.05, 3.63) is 65.0 Å². The topological polar surface area (TPSA) is 74.8 Å². The van der Waals surface area contributed by atoms with E-state index in [4.69, 9.17) is 4.74 Å². The number of benzene rings is 2. The number of halogens is 2. The summed E-state index contributed by atoms with van der Waals surface area (Å²) in [5.74, 6) is 1.05. The van der Waals surface area contributed by atoms with E-state index in [9.17, 15) is 9.18 Å². The molecule has 0 saturated heterocycles. The third-order valence-electron chi connectivity index (χ3n) is 5.39. The molecule has 1 aliphatic rings. The van der Waals surface area contributed by atoms with Crippen LogP contribution < -0.4 is 20.7 Å². The molecule has 2 aromatic rings. The second kappa shape index (κ2) is 13.4. The lowest BCUT2D eigenvalue weighted by atomic mass is 10.1. The van der Waals surface area contributed by atoms with Gasteiger partial charge in [-0.15, -0.1) is 24.0 Å². The smallest absolute Gasteiger partial charge is 0.251 e. The number of rotatable bonds is 10. The zero-order chi connectivity index (χ0) is 22.9. The Hall–Kier alpha value is -2.36. The molecule has 1 amide bonds. The normalized spacial score (nSPS) is 14.1. The van der Waals surface area contributed by atoms with Gasteiger partial charge in [-0.05, 0) is 67.5 Å². The van der Waals surface area contributed by atoms with Crippen LogP contribution in [0.3, 0.4) is 0 Å². The summed E-state index contributed by atoms with van der Waals surface area (Å²) in [7, 11) is 1.69. The van der Waals surface area contributed by atoms with E-state index in [2.05, 4.69) is 20.9 Å². The fraction of sp³-hybridized carbons (Fsp3) is 0.440. The standard InChI is InChI=1S/C25H33FN4O2.HI/c1-4-12-28-24(31)21-7-5-6-19(13-21)15-29-25(27-3)30-17(2)20-10-11-23(22(26)14-20)32-16-18-8-9-18;/h5-7,10-11,13-14,17-18H,4,8-9,12,15-16H2,1-3H3,(H,28,31)(H2,27,29,30);1H. The predicted molar refractivity (Wildman–Crippen MR) is 141 cm³/mol. The first kappa shape index (κ1) is 26.9. The van der Waals surface area contributed by atoms with Crippen molar-refractivity contribution in [1.82, 2.24) is 16.0 Å². The zero-order valence-electron chi connectivity index (χ0n) is 19.5. The number of carbonyl (C=O) groups excluding carboxylic acids is 1. The summed E-state index contributed by atoms with van der Waals surface area (Å²) < 4.78 is 20.0. The van der Waals surface area contributed by atoms with Crippen LogP contribution in [-0.4, -0.2) is 32.1 Å². The Morgan fingerprint density at radius 3 is 2.67 bits per heavy atom. The summed E-state index contributed by atoms with van der Waals surface area (Å²) in [4.78, 5) is 16.4. The van der Waals surface area contributed by atoms with Crippen LogP contribution in [0.4, 0.5) is 4.39 Å². The maximum absolute atomic E-state index is 14.4. The molecule has 1 unspecified atom stereocenters. The molecule has 8 heteroatoms. The van der Waals surface area contributed by atoms with E-state index >= 15 is 0 Å². The van der Waals surface area contributed by atoms with Crippen LogP contribution in [0.2, 0.25) is 0 Å². The first-order valence-corrected chi connectivity index (χ1v) is 11.3. The molecule has 3 N–H and O–H groups in total. The molecular formula is C25H34FIN4O2. The third-order valence-corrected chi connectivity index (χ3v) is 5.39. The largest absolute Gasteiger partial charge is 0.490 e. The van der Waals surface area contributed by atoms with Crippen LogP contribution in [0, 0.1) is 11.7 Å². The number of guanidine groups is 1. The molecule has 0 radical (unpaired) electrons. The molecule has 0 spiro atoms. The average molecular weight is 568 g/mol. The van der Waals surface area contributed by atoms with Gasteiger partial charge in [0.2, 0.25) is 0 Å². The first-order valence-electron chi connectivity index (χ1n) is 11.3. The van der Waals surface area contributed by atoms with E-state index in [1.54, 1.807) is 19.2 Å². The molecular weight excluding hydrogens is 534 g/mol. The minimum atomic E-state index is -0.349. The molecule has 33 heavy (non-hydrogen) atoms. The molecule has 6 nitrogen and oxygen atoms in total. The average Bonchev–Trinajstić information content (AvgIpc) is 3.64. The van der Waals surface area contributed by atoms with Gasteiger partial charge in [-0.1, -0.05) is 25.1 Å². The zero-order valence-corrected chi connectivity index (χ0v) is 21.8. The Morgan fingerprint density at radius 2 is 2.00 bits per heavy atom. The summed E-state index contributed by atoms with van der Waals surface area (Å²) in [6, 6.07) is 12.4. The minimum absolute atomic E-state index is 0. The molecule has 180 valence electrons. The van der Waals surface area contributed by atoms with Crippen LogP contribution in [0.5, 0.6) is 5.75 Å². The van der Waals surface area contributed by atoms with E-state index in [1.807, 2.05) is 38.1 Å². The van der Waals surface area contributed by atoms with Crippen LogP contribution in [-0.2, 0) is 6.54 Å². The van der Waals surface area contributed by atoms with Crippen molar-refractivity contribution in [2.45, 2.75) is 45.7 Å². The molecule has 3 rings (SSSR count). The monoisotopic (exact) mass is 568 g/mol. The number of aliphatic imine (C=N–C) groups is 1. The number of hydrogen-bond acceptors (Lipinski definition) is 3. The van der Waals surface area contributed by atoms with Gasteiger partial charge in [-0.3, -0.25) is 9.79 Å². The van der Waals surface area contributed by atoms with Crippen molar-refractivity contribution < 1.29 is 13.9 Å². The molecule has 1 fully saturated rings. The third kappa shape index (κ3) is 8.49. The van der Waals surface area contributed by atoms with E-state index in [0.717, 1.165) is 17.5 Å². The molecule has 0 bridgehead atoms. The molecule has 1 saturated carbocycles. The fourth-order valence-corrected chi connectivity index (χ4v) is 3.23. The Kier molecular flexibility index (Phi) is 10.9. The van der Waals surface area contributed by atoms with E-state index < -0.39 is 0 Å². The van der Waals surface area contributed by atoms with Gasteiger partial charge < -0.3 is 20.7 Å². The maximum Gasteiger partial charge on any atom is 0.251 e. The van der Waals surface area contributed by atoms with Crippen molar-refractivity contribution >= 4 is 35.8 Å². The van der Waals surface area contributed by atoms with Crippen molar-refractivity contribution in [2.75, 3.05) is 20.2 Å². The second-order valence-corrected chi connectivity index (χ2v) is 8.19.